The molecule has 2 saturated heterocycles. The lowest BCUT2D eigenvalue weighted by molar-refractivity contribution is -0.124. The van der Waals surface area contributed by atoms with Gasteiger partial charge in [0.15, 0.2) is 0 Å². The summed E-state index contributed by atoms with van der Waals surface area (Å²) >= 11 is 12.1. The van der Waals surface area contributed by atoms with Crippen LogP contribution < -0.4 is 5.32 Å². The molecular formula is C11H16Cl2N2O. The number of alkyl halides is 2. The summed E-state index contributed by atoms with van der Waals surface area (Å²) in [6, 6.07) is 0.691. The molecule has 0 aromatic heterocycles. The van der Waals surface area contributed by atoms with Gasteiger partial charge in [-0.3, -0.25) is 9.69 Å². The van der Waals surface area contributed by atoms with Gasteiger partial charge in [0.2, 0.25) is 5.91 Å². The third kappa shape index (κ3) is 1.73. The van der Waals surface area contributed by atoms with Crippen LogP contribution in [0.1, 0.15) is 13.3 Å². The summed E-state index contributed by atoms with van der Waals surface area (Å²) in [5.41, 5.74) is 0. The van der Waals surface area contributed by atoms with Crippen molar-refractivity contribution in [3.8, 4) is 0 Å². The number of hydrogen-bond donors (Lipinski definition) is 1. The minimum Gasteiger partial charge on any atom is -0.355 e. The van der Waals surface area contributed by atoms with E-state index in [9.17, 15) is 4.79 Å². The van der Waals surface area contributed by atoms with E-state index < -0.39 is 4.33 Å². The van der Waals surface area contributed by atoms with Gasteiger partial charge in [0.1, 0.15) is 4.33 Å². The van der Waals surface area contributed by atoms with Crippen molar-refractivity contribution in [3.63, 3.8) is 0 Å². The number of nitrogens with one attached hydrogen (secondary N) is 1. The van der Waals surface area contributed by atoms with Crippen LogP contribution in [0.25, 0.3) is 0 Å². The standard InChI is InChI=1S/C11H16Cl2N2O/c1-6-9(11(6,12)13)3-14-10(16)7-2-8-5-15(8)4-7/h6-9H,2-5H2,1H3,(H,14,16)/t6-,7?,8?,9+,15?/m0/s1. The molecule has 90 valence electrons. The average molecular weight is 263 g/mol. The third-order valence-corrected chi connectivity index (χ3v) is 5.55. The van der Waals surface area contributed by atoms with Gasteiger partial charge in [-0.05, 0) is 12.3 Å². The molecule has 16 heavy (non-hydrogen) atoms. The minimum atomic E-state index is -0.616. The van der Waals surface area contributed by atoms with Crippen LogP contribution in [0, 0.1) is 17.8 Å². The van der Waals surface area contributed by atoms with Gasteiger partial charge in [-0.1, -0.05) is 6.92 Å². The Morgan fingerprint density at radius 2 is 2.19 bits per heavy atom. The summed E-state index contributed by atoms with van der Waals surface area (Å²) in [4.78, 5) is 14.2. The predicted molar refractivity (Wildman–Crippen MR) is 63.6 cm³/mol. The smallest absolute Gasteiger partial charge is 0.224 e. The lowest BCUT2D eigenvalue weighted by Crippen LogP contribution is -2.34. The first-order chi connectivity index (χ1) is 7.50. The molecule has 0 bridgehead atoms. The predicted octanol–water partition coefficient (Wildman–Crippen LogP) is 1.25. The highest BCUT2D eigenvalue weighted by Crippen LogP contribution is 2.58. The molecule has 5 heteroatoms. The summed E-state index contributed by atoms with van der Waals surface area (Å²) in [5, 5.41) is 2.98. The second-order valence-corrected chi connectivity index (χ2v) is 6.80. The number of halogens is 2. The maximum absolute atomic E-state index is 11.8. The van der Waals surface area contributed by atoms with Crippen molar-refractivity contribution in [1.82, 2.24) is 10.2 Å². The fourth-order valence-electron chi connectivity index (χ4n) is 2.77. The molecule has 3 nitrogen and oxygen atoms in total. The van der Waals surface area contributed by atoms with Crippen molar-refractivity contribution in [3.05, 3.63) is 0 Å². The summed E-state index contributed by atoms with van der Waals surface area (Å²) in [6.45, 7) is 4.76. The van der Waals surface area contributed by atoms with Crippen LogP contribution in [0.15, 0.2) is 0 Å². The first kappa shape index (κ1) is 11.1. The topological polar surface area (TPSA) is 32.1 Å². The van der Waals surface area contributed by atoms with Crippen molar-refractivity contribution in [2.75, 3.05) is 19.6 Å². The van der Waals surface area contributed by atoms with Gasteiger partial charge in [-0.2, -0.15) is 0 Å². The molecule has 3 unspecified atom stereocenters. The molecule has 0 aromatic rings. The minimum absolute atomic E-state index is 0.176. The van der Waals surface area contributed by atoms with Gasteiger partial charge in [0.25, 0.3) is 0 Å². The number of piperidine rings is 1. The first-order valence-corrected chi connectivity index (χ1v) is 6.65. The van der Waals surface area contributed by atoms with Crippen LogP contribution >= 0.6 is 23.2 Å². The highest BCUT2D eigenvalue weighted by Gasteiger charge is 2.60. The Morgan fingerprint density at radius 3 is 2.69 bits per heavy atom. The lowest BCUT2D eigenvalue weighted by atomic mass is 10.1. The quantitative estimate of drug-likeness (QED) is 0.614. The van der Waals surface area contributed by atoms with Crippen molar-refractivity contribution in [2.24, 2.45) is 17.8 Å². The summed E-state index contributed by atoms with van der Waals surface area (Å²) in [7, 11) is 0. The second kappa shape index (κ2) is 3.50. The number of hydrogen-bond acceptors (Lipinski definition) is 2. The third-order valence-electron chi connectivity index (χ3n) is 4.30. The zero-order chi connectivity index (χ0) is 11.5. The van der Waals surface area contributed by atoms with Crippen LogP contribution in [0.5, 0.6) is 0 Å². The SMILES string of the molecule is C[C@H]1[C@@H](CNC(=O)C2CC3CN3C2)C1(Cl)Cl. The monoisotopic (exact) mass is 262 g/mol. The molecule has 5 atom stereocenters. The number of amides is 1. The second-order valence-electron chi connectivity index (χ2n) is 5.36. The molecule has 1 saturated carbocycles. The van der Waals surface area contributed by atoms with Crippen molar-refractivity contribution < 1.29 is 4.79 Å². The zero-order valence-electron chi connectivity index (χ0n) is 9.25. The molecular weight excluding hydrogens is 247 g/mol. The Hall–Kier alpha value is 0.01000. The molecule has 1 N–H and O–H groups in total. The average Bonchev–Trinajstić information content (AvgIpc) is 3.00. The molecule has 0 aromatic carbocycles. The van der Waals surface area contributed by atoms with Gasteiger partial charge in [0, 0.05) is 31.6 Å². The summed E-state index contributed by atoms with van der Waals surface area (Å²) in [5.74, 6) is 0.871. The fraction of sp³-hybridized carbons (Fsp3) is 0.909. The van der Waals surface area contributed by atoms with E-state index >= 15 is 0 Å². The largest absolute Gasteiger partial charge is 0.355 e. The van der Waals surface area contributed by atoms with Crippen LogP contribution in [0.3, 0.4) is 0 Å². The fourth-order valence-corrected chi connectivity index (χ4v) is 3.49. The number of carbonyl (C=O) groups excluding carboxylic acids is 1. The Labute approximate surface area is 105 Å². The van der Waals surface area contributed by atoms with E-state index in [0.29, 0.717) is 12.6 Å². The van der Waals surface area contributed by atoms with E-state index in [1.54, 1.807) is 0 Å². The normalized spacial score (nSPS) is 47.3. The van der Waals surface area contributed by atoms with Gasteiger partial charge in [-0.25, -0.2) is 0 Å². The molecule has 0 radical (unpaired) electrons. The van der Waals surface area contributed by atoms with Crippen LogP contribution in [-0.4, -0.2) is 40.8 Å². The molecule has 3 fully saturated rings. The highest BCUT2D eigenvalue weighted by atomic mass is 35.5. The number of carbonyl (C=O) groups is 1. The highest BCUT2D eigenvalue weighted by molar-refractivity contribution is 6.51. The van der Waals surface area contributed by atoms with Gasteiger partial charge in [-0.15, -0.1) is 23.2 Å². The Balaban J connectivity index is 1.44. The maximum atomic E-state index is 11.8. The maximum Gasteiger partial charge on any atom is 0.224 e. The van der Waals surface area contributed by atoms with Crippen molar-refractivity contribution in [1.29, 1.82) is 0 Å². The molecule has 2 aliphatic heterocycles. The molecule has 0 spiro atoms. The van der Waals surface area contributed by atoms with Gasteiger partial charge < -0.3 is 5.32 Å². The van der Waals surface area contributed by atoms with Crippen LogP contribution in [0.4, 0.5) is 0 Å². The number of fused-ring (bicyclic) bond motifs is 1. The number of rotatable bonds is 3. The van der Waals surface area contributed by atoms with E-state index in [4.69, 9.17) is 23.2 Å². The van der Waals surface area contributed by atoms with E-state index in [2.05, 4.69) is 10.2 Å². The molecule has 2 heterocycles. The van der Waals surface area contributed by atoms with E-state index in [1.165, 1.54) is 6.54 Å². The first-order valence-electron chi connectivity index (χ1n) is 5.89. The molecule has 1 amide bonds. The molecule has 3 rings (SSSR count). The van der Waals surface area contributed by atoms with Gasteiger partial charge >= 0.3 is 0 Å². The van der Waals surface area contributed by atoms with E-state index in [-0.39, 0.29) is 23.7 Å². The molecule has 1 aliphatic carbocycles. The Morgan fingerprint density at radius 1 is 1.50 bits per heavy atom. The van der Waals surface area contributed by atoms with E-state index in [1.807, 2.05) is 6.92 Å². The Bertz CT molecular complexity index is 324. The summed E-state index contributed by atoms with van der Waals surface area (Å²) < 4.78 is -0.616. The van der Waals surface area contributed by atoms with Crippen molar-refractivity contribution in [2.45, 2.75) is 23.7 Å². The zero-order valence-corrected chi connectivity index (χ0v) is 10.8. The summed E-state index contributed by atoms with van der Waals surface area (Å²) in [6.07, 6.45) is 1.03. The van der Waals surface area contributed by atoms with E-state index in [0.717, 1.165) is 13.0 Å². The number of nitrogens with zero attached hydrogens (tertiary/aromatic N) is 1. The lowest BCUT2D eigenvalue weighted by Gasteiger charge is -2.11. The van der Waals surface area contributed by atoms with Crippen LogP contribution in [-0.2, 0) is 4.79 Å². The van der Waals surface area contributed by atoms with Crippen molar-refractivity contribution >= 4 is 29.1 Å². The van der Waals surface area contributed by atoms with Gasteiger partial charge in [0.05, 0.1) is 5.92 Å². The van der Waals surface area contributed by atoms with Crippen LogP contribution in [0.2, 0.25) is 0 Å². The Kier molecular flexibility index (Phi) is 2.43. The molecule has 3 aliphatic rings.